The van der Waals surface area contributed by atoms with Crippen LogP contribution in [0.15, 0.2) is 35.1 Å². The van der Waals surface area contributed by atoms with Gasteiger partial charge < -0.3 is 10.2 Å². The molecule has 3 rings (SSSR count). The van der Waals surface area contributed by atoms with Crippen LogP contribution in [-0.2, 0) is 6.18 Å². The van der Waals surface area contributed by atoms with Crippen molar-refractivity contribution >= 4 is 17.3 Å². The molecule has 0 bridgehead atoms. The van der Waals surface area contributed by atoms with E-state index in [2.05, 4.69) is 15.5 Å². The molecule has 2 N–H and O–H groups in total. The van der Waals surface area contributed by atoms with Gasteiger partial charge in [-0.2, -0.15) is 18.3 Å². The zero-order valence-electron chi connectivity index (χ0n) is 13.8. The van der Waals surface area contributed by atoms with Crippen LogP contribution in [-0.4, -0.2) is 29.2 Å². The number of carbonyl (C=O) groups is 1. The van der Waals surface area contributed by atoms with Crippen LogP contribution in [0.3, 0.4) is 0 Å². The van der Waals surface area contributed by atoms with Crippen LogP contribution in [0.4, 0.5) is 24.5 Å². The molecular weight excluding hydrogens is 349 g/mol. The van der Waals surface area contributed by atoms with Crippen LogP contribution in [0.1, 0.15) is 35.3 Å². The van der Waals surface area contributed by atoms with E-state index in [0.29, 0.717) is 18.8 Å². The normalized spacial score (nSPS) is 15.0. The molecule has 1 aliphatic heterocycles. The second kappa shape index (κ2) is 7.19. The number of alkyl halides is 3. The molecule has 2 heterocycles. The summed E-state index contributed by atoms with van der Waals surface area (Å²) >= 11 is 0. The molecule has 0 radical (unpaired) electrons. The highest BCUT2D eigenvalue weighted by atomic mass is 19.4. The highest BCUT2D eigenvalue weighted by Crippen LogP contribution is 2.36. The van der Waals surface area contributed by atoms with Crippen LogP contribution >= 0.6 is 0 Å². The number of nitrogens with zero attached hydrogens (tertiary/aromatic N) is 2. The fourth-order valence-electron chi connectivity index (χ4n) is 2.88. The standard InChI is InChI=1S/C17H17F3N4O2/c18-17(19,20)11-4-6-14(24-8-2-1-3-9-24)13(10-11)21-16(26)12-5-7-15(25)23-22-12/h4-7,10H,1-3,8-9H2,(H,21,26)(H,23,25). The molecule has 1 amide bonds. The van der Waals surface area contributed by atoms with E-state index in [0.717, 1.165) is 37.5 Å². The highest BCUT2D eigenvalue weighted by Gasteiger charge is 2.32. The molecular formula is C17H17F3N4O2. The number of amides is 1. The Morgan fingerprint density at radius 2 is 1.85 bits per heavy atom. The van der Waals surface area contributed by atoms with Gasteiger partial charge in [0.1, 0.15) is 5.69 Å². The maximum atomic E-state index is 13.1. The van der Waals surface area contributed by atoms with Crippen LogP contribution in [0.5, 0.6) is 0 Å². The molecule has 2 aromatic rings. The minimum Gasteiger partial charge on any atom is -0.370 e. The van der Waals surface area contributed by atoms with Crippen LogP contribution in [0.25, 0.3) is 0 Å². The first kappa shape index (κ1) is 18.0. The molecule has 0 unspecified atom stereocenters. The lowest BCUT2D eigenvalue weighted by atomic mass is 10.1. The van der Waals surface area contributed by atoms with Gasteiger partial charge in [0, 0.05) is 19.2 Å². The lowest BCUT2D eigenvalue weighted by Crippen LogP contribution is -2.30. The lowest BCUT2D eigenvalue weighted by Gasteiger charge is -2.31. The number of H-pyrrole nitrogens is 1. The summed E-state index contributed by atoms with van der Waals surface area (Å²) in [6.07, 6.45) is -1.57. The number of piperidine rings is 1. The van der Waals surface area contributed by atoms with Gasteiger partial charge in [0.15, 0.2) is 0 Å². The summed E-state index contributed by atoms with van der Waals surface area (Å²) in [5, 5.41) is 8.22. The molecule has 0 saturated carbocycles. The smallest absolute Gasteiger partial charge is 0.370 e. The Labute approximate surface area is 147 Å². The molecule has 138 valence electrons. The van der Waals surface area contributed by atoms with Gasteiger partial charge in [-0.25, -0.2) is 5.10 Å². The van der Waals surface area contributed by atoms with Gasteiger partial charge in [-0.1, -0.05) is 0 Å². The van der Waals surface area contributed by atoms with E-state index >= 15 is 0 Å². The minimum atomic E-state index is -4.52. The number of benzene rings is 1. The molecule has 6 nitrogen and oxygen atoms in total. The average Bonchev–Trinajstić information content (AvgIpc) is 2.62. The third kappa shape index (κ3) is 4.04. The van der Waals surface area contributed by atoms with E-state index in [1.165, 1.54) is 12.1 Å². The maximum Gasteiger partial charge on any atom is 0.416 e. The van der Waals surface area contributed by atoms with Gasteiger partial charge >= 0.3 is 6.18 Å². The average molecular weight is 366 g/mol. The molecule has 1 fully saturated rings. The predicted octanol–water partition coefficient (Wildman–Crippen LogP) is 3.03. The van der Waals surface area contributed by atoms with Crippen molar-refractivity contribution in [3.8, 4) is 0 Å². The number of carbonyl (C=O) groups excluding carboxylic acids is 1. The molecule has 26 heavy (non-hydrogen) atoms. The molecule has 1 saturated heterocycles. The minimum absolute atomic E-state index is 0.0692. The van der Waals surface area contributed by atoms with Gasteiger partial charge in [0.2, 0.25) is 0 Å². The Morgan fingerprint density at radius 3 is 2.46 bits per heavy atom. The maximum absolute atomic E-state index is 13.1. The second-order valence-corrected chi connectivity index (χ2v) is 6.04. The van der Waals surface area contributed by atoms with Crippen molar-refractivity contribution in [3.63, 3.8) is 0 Å². The van der Waals surface area contributed by atoms with Crippen molar-refractivity contribution in [2.75, 3.05) is 23.3 Å². The second-order valence-electron chi connectivity index (χ2n) is 6.04. The van der Waals surface area contributed by atoms with E-state index in [4.69, 9.17) is 0 Å². The number of aromatic nitrogens is 2. The van der Waals surface area contributed by atoms with Gasteiger partial charge in [0.05, 0.1) is 16.9 Å². The van der Waals surface area contributed by atoms with E-state index < -0.39 is 23.2 Å². The third-order valence-electron chi connectivity index (χ3n) is 4.18. The summed E-state index contributed by atoms with van der Waals surface area (Å²) < 4.78 is 39.2. The summed E-state index contributed by atoms with van der Waals surface area (Å²) in [5.74, 6) is -0.696. The van der Waals surface area contributed by atoms with E-state index in [1.54, 1.807) is 0 Å². The number of hydrogen-bond acceptors (Lipinski definition) is 4. The summed E-state index contributed by atoms with van der Waals surface area (Å²) in [5.41, 5.74) is -0.806. The number of halogens is 3. The Morgan fingerprint density at radius 1 is 1.12 bits per heavy atom. The van der Waals surface area contributed by atoms with Gasteiger partial charge in [-0.05, 0) is 43.5 Å². The molecule has 0 aliphatic carbocycles. The quantitative estimate of drug-likeness (QED) is 0.875. The van der Waals surface area contributed by atoms with Crippen LogP contribution in [0, 0.1) is 0 Å². The monoisotopic (exact) mass is 366 g/mol. The SMILES string of the molecule is O=C(Nc1cc(C(F)(F)F)ccc1N1CCCCC1)c1ccc(=O)[nH]n1. The first-order valence-corrected chi connectivity index (χ1v) is 8.18. The fraction of sp³-hybridized carbons (Fsp3) is 0.353. The summed E-state index contributed by atoms with van der Waals surface area (Å²) in [6.45, 7) is 1.43. The van der Waals surface area contributed by atoms with E-state index in [-0.39, 0.29) is 11.4 Å². The zero-order chi connectivity index (χ0) is 18.7. The van der Waals surface area contributed by atoms with Crippen LogP contribution in [0.2, 0.25) is 0 Å². The Balaban J connectivity index is 1.94. The molecule has 1 aromatic carbocycles. The number of anilines is 2. The molecule has 9 heteroatoms. The summed E-state index contributed by atoms with van der Waals surface area (Å²) in [4.78, 5) is 25.3. The van der Waals surface area contributed by atoms with E-state index in [1.807, 2.05) is 4.90 Å². The van der Waals surface area contributed by atoms with E-state index in [9.17, 15) is 22.8 Å². The fourth-order valence-corrected chi connectivity index (χ4v) is 2.88. The third-order valence-corrected chi connectivity index (χ3v) is 4.18. The van der Waals surface area contributed by atoms with Gasteiger partial charge in [-0.3, -0.25) is 9.59 Å². The molecule has 1 aliphatic rings. The highest BCUT2D eigenvalue weighted by molar-refractivity contribution is 6.04. The Hall–Kier alpha value is -2.84. The summed E-state index contributed by atoms with van der Waals surface area (Å²) in [6, 6.07) is 5.65. The molecule has 1 aromatic heterocycles. The van der Waals surface area contributed by atoms with Crippen molar-refractivity contribution in [1.29, 1.82) is 0 Å². The van der Waals surface area contributed by atoms with Crippen molar-refractivity contribution in [2.24, 2.45) is 0 Å². The number of hydrogen-bond donors (Lipinski definition) is 2. The van der Waals surface area contributed by atoms with Crippen LogP contribution < -0.4 is 15.8 Å². The number of aromatic amines is 1. The largest absolute Gasteiger partial charge is 0.416 e. The molecule has 0 atom stereocenters. The van der Waals surface area contributed by atoms with Crippen molar-refractivity contribution in [3.05, 3.63) is 51.9 Å². The first-order valence-electron chi connectivity index (χ1n) is 8.18. The van der Waals surface area contributed by atoms with Crippen molar-refractivity contribution in [2.45, 2.75) is 25.4 Å². The van der Waals surface area contributed by atoms with Crippen molar-refractivity contribution in [1.82, 2.24) is 10.2 Å². The molecule has 0 spiro atoms. The first-order chi connectivity index (χ1) is 12.3. The Bertz CT molecular complexity index is 837. The van der Waals surface area contributed by atoms with Crippen molar-refractivity contribution < 1.29 is 18.0 Å². The van der Waals surface area contributed by atoms with Gasteiger partial charge in [-0.15, -0.1) is 0 Å². The van der Waals surface area contributed by atoms with Gasteiger partial charge in [0.25, 0.3) is 11.5 Å². The lowest BCUT2D eigenvalue weighted by molar-refractivity contribution is -0.137. The number of nitrogens with one attached hydrogen (secondary N) is 2. The number of rotatable bonds is 3. The zero-order valence-corrected chi connectivity index (χ0v) is 13.8. The summed E-state index contributed by atoms with van der Waals surface area (Å²) in [7, 11) is 0. The Kier molecular flexibility index (Phi) is 4.97. The predicted molar refractivity (Wildman–Crippen MR) is 90.3 cm³/mol. The topological polar surface area (TPSA) is 78.1 Å².